The molecule has 0 aliphatic carbocycles. The van der Waals surface area contributed by atoms with Crippen LogP contribution in [0, 0.1) is 6.92 Å². The fourth-order valence-electron chi connectivity index (χ4n) is 2.43. The van der Waals surface area contributed by atoms with Gasteiger partial charge in [0, 0.05) is 0 Å². The van der Waals surface area contributed by atoms with Crippen LogP contribution in [0.1, 0.15) is 22.7 Å². The molecule has 0 aliphatic rings. The summed E-state index contributed by atoms with van der Waals surface area (Å²) in [5.41, 5.74) is 3.28. The lowest BCUT2D eigenvalue weighted by molar-refractivity contribution is -0.122. The fraction of sp³-hybridized carbons (Fsp3) is 0.167. The summed E-state index contributed by atoms with van der Waals surface area (Å²) in [4.78, 5) is 16.2. The Labute approximate surface area is 135 Å². The van der Waals surface area contributed by atoms with E-state index in [1.807, 2.05) is 49.4 Å². The summed E-state index contributed by atoms with van der Waals surface area (Å²) < 4.78 is 1.51. The second-order valence-electron chi connectivity index (χ2n) is 5.41. The van der Waals surface area contributed by atoms with Crippen LogP contribution in [0.2, 0.25) is 0 Å². The Kier molecular flexibility index (Phi) is 4.47. The summed E-state index contributed by atoms with van der Waals surface area (Å²) in [7, 11) is 0. The van der Waals surface area contributed by atoms with Crippen molar-refractivity contribution in [3.8, 4) is 0 Å². The van der Waals surface area contributed by atoms with E-state index in [4.69, 9.17) is 0 Å². The summed E-state index contributed by atoms with van der Waals surface area (Å²) in [6, 6.07) is 17.9. The summed E-state index contributed by atoms with van der Waals surface area (Å²) >= 11 is 0. The molecule has 0 saturated heterocycles. The highest BCUT2D eigenvalue weighted by atomic mass is 16.2. The first-order valence-electron chi connectivity index (χ1n) is 7.45. The van der Waals surface area contributed by atoms with Crippen molar-refractivity contribution in [3.05, 3.63) is 83.9 Å². The van der Waals surface area contributed by atoms with Crippen LogP contribution in [0.5, 0.6) is 0 Å². The van der Waals surface area contributed by atoms with Gasteiger partial charge >= 0.3 is 0 Å². The molecule has 2 aromatic carbocycles. The minimum Gasteiger partial charge on any atom is -0.344 e. The van der Waals surface area contributed by atoms with E-state index < -0.39 is 0 Å². The van der Waals surface area contributed by atoms with Crippen molar-refractivity contribution in [2.75, 3.05) is 0 Å². The molecule has 0 aliphatic heterocycles. The molecule has 5 heteroatoms. The number of carbonyl (C=O) groups is 1. The molecule has 0 fully saturated rings. The number of rotatable bonds is 5. The molecule has 5 nitrogen and oxygen atoms in total. The number of amides is 1. The first kappa shape index (κ1) is 15.0. The van der Waals surface area contributed by atoms with E-state index in [9.17, 15) is 4.79 Å². The van der Waals surface area contributed by atoms with Crippen LogP contribution in [0.25, 0.3) is 0 Å². The molecule has 116 valence electrons. The van der Waals surface area contributed by atoms with Gasteiger partial charge in [0.05, 0.1) is 6.04 Å². The van der Waals surface area contributed by atoms with E-state index in [1.54, 1.807) is 0 Å². The van der Waals surface area contributed by atoms with Crippen molar-refractivity contribution in [1.82, 2.24) is 20.1 Å². The molecule has 1 unspecified atom stereocenters. The molecule has 1 atom stereocenters. The average Bonchev–Trinajstić information content (AvgIpc) is 3.07. The van der Waals surface area contributed by atoms with Crippen LogP contribution in [0.4, 0.5) is 0 Å². The number of nitrogens with one attached hydrogen (secondary N) is 1. The first-order valence-corrected chi connectivity index (χ1v) is 7.45. The van der Waals surface area contributed by atoms with Gasteiger partial charge in [-0.1, -0.05) is 60.2 Å². The van der Waals surface area contributed by atoms with E-state index in [1.165, 1.54) is 22.9 Å². The lowest BCUT2D eigenvalue weighted by Gasteiger charge is -2.20. The van der Waals surface area contributed by atoms with Gasteiger partial charge in [-0.2, -0.15) is 5.10 Å². The number of aryl methyl sites for hydroxylation is 1. The summed E-state index contributed by atoms with van der Waals surface area (Å²) in [6.07, 6.45) is 2.95. The highest BCUT2D eigenvalue weighted by Gasteiger charge is 2.17. The number of benzene rings is 2. The molecule has 1 amide bonds. The van der Waals surface area contributed by atoms with Crippen LogP contribution in [-0.4, -0.2) is 20.7 Å². The monoisotopic (exact) mass is 306 g/mol. The Morgan fingerprint density at radius 3 is 2.43 bits per heavy atom. The normalized spacial score (nSPS) is 11.9. The third kappa shape index (κ3) is 3.83. The molecule has 0 radical (unpaired) electrons. The van der Waals surface area contributed by atoms with E-state index >= 15 is 0 Å². The number of hydrogen-bond donors (Lipinski definition) is 1. The molecule has 3 aromatic rings. The minimum absolute atomic E-state index is 0.107. The highest BCUT2D eigenvalue weighted by molar-refractivity contribution is 5.76. The SMILES string of the molecule is Cc1ccc(C(NC(=O)Cn2cncn2)c2ccccc2)cc1. The minimum atomic E-state index is -0.187. The maximum absolute atomic E-state index is 12.3. The lowest BCUT2D eigenvalue weighted by atomic mass is 9.98. The Hall–Kier alpha value is -2.95. The summed E-state index contributed by atoms with van der Waals surface area (Å²) in [5, 5.41) is 7.05. The predicted octanol–water partition coefficient (Wildman–Crippen LogP) is 2.49. The van der Waals surface area contributed by atoms with Gasteiger partial charge < -0.3 is 5.32 Å². The zero-order valence-corrected chi connectivity index (χ0v) is 12.9. The van der Waals surface area contributed by atoms with Crippen LogP contribution in [-0.2, 0) is 11.3 Å². The smallest absolute Gasteiger partial charge is 0.242 e. The maximum atomic E-state index is 12.3. The van der Waals surface area contributed by atoms with Crippen molar-refractivity contribution in [2.24, 2.45) is 0 Å². The van der Waals surface area contributed by atoms with Crippen LogP contribution in [0.3, 0.4) is 0 Å². The van der Waals surface area contributed by atoms with E-state index in [0.717, 1.165) is 11.1 Å². The zero-order valence-electron chi connectivity index (χ0n) is 12.9. The molecule has 1 aromatic heterocycles. The van der Waals surface area contributed by atoms with E-state index in [2.05, 4.69) is 27.5 Å². The molecule has 1 N–H and O–H groups in total. The largest absolute Gasteiger partial charge is 0.344 e. The van der Waals surface area contributed by atoms with E-state index in [-0.39, 0.29) is 18.5 Å². The van der Waals surface area contributed by atoms with Gasteiger partial charge in [0.25, 0.3) is 0 Å². The fourth-order valence-corrected chi connectivity index (χ4v) is 2.43. The van der Waals surface area contributed by atoms with Gasteiger partial charge in [0.2, 0.25) is 5.91 Å². The number of hydrogen-bond acceptors (Lipinski definition) is 3. The van der Waals surface area contributed by atoms with Gasteiger partial charge in [0.1, 0.15) is 19.2 Å². The standard InChI is InChI=1S/C18H18N4O/c1-14-7-9-16(10-8-14)18(15-5-3-2-4-6-15)21-17(23)11-22-13-19-12-20-22/h2-10,12-13,18H,11H2,1H3,(H,21,23). The van der Waals surface area contributed by atoms with Crippen molar-refractivity contribution in [3.63, 3.8) is 0 Å². The molecule has 3 rings (SSSR count). The lowest BCUT2D eigenvalue weighted by Crippen LogP contribution is -2.32. The molecule has 23 heavy (non-hydrogen) atoms. The third-order valence-electron chi connectivity index (χ3n) is 3.62. The molecular formula is C18H18N4O. The van der Waals surface area contributed by atoms with Crippen molar-refractivity contribution < 1.29 is 4.79 Å². The van der Waals surface area contributed by atoms with Gasteiger partial charge in [-0.3, -0.25) is 4.79 Å². The highest BCUT2D eigenvalue weighted by Crippen LogP contribution is 2.22. The Morgan fingerprint density at radius 1 is 1.09 bits per heavy atom. The number of carbonyl (C=O) groups excluding carboxylic acids is 1. The molecule has 1 heterocycles. The quantitative estimate of drug-likeness (QED) is 0.788. The van der Waals surface area contributed by atoms with Gasteiger partial charge in [-0.05, 0) is 18.1 Å². The van der Waals surface area contributed by atoms with Crippen molar-refractivity contribution >= 4 is 5.91 Å². The first-order chi connectivity index (χ1) is 11.2. The number of aromatic nitrogens is 3. The zero-order chi connectivity index (χ0) is 16.1. The van der Waals surface area contributed by atoms with Gasteiger partial charge in [-0.15, -0.1) is 0 Å². The molecule has 0 bridgehead atoms. The Balaban J connectivity index is 1.83. The predicted molar refractivity (Wildman–Crippen MR) is 87.6 cm³/mol. The van der Waals surface area contributed by atoms with Crippen molar-refractivity contribution in [2.45, 2.75) is 19.5 Å². The van der Waals surface area contributed by atoms with Crippen LogP contribution < -0.4 is 5.32 Å². The average molecular weight is 306 g/mol. The van der Waals surface area contributed by atoms with Crippen LogP contribution >= 0.6 is 0 Å². The molecule has 0 spiro atoms. The summed E-state index contributed by atoms with van der Waals surface area (Å²) in [6.45, 7) is 2.19. The van der Waals surface area contributed by atoms with Crippen LogP contribution in [0.15, 0.2) is 67.3 Å². The topological polar surface area (TPSA) is 59.8 Å². The van der Waals surface area contributed by atoms with Crippen molar-refractivity contribution in [1.29, 1.82) is 0 Å². The maximum Gasteiger partial charge on any atom is 0.242 e. The Morgan fingerprint density at radius 2 is 1.78 bits per heavy atom. The molecular weight excluding hydrogens is 288 g/mol. The van der Waals surface area contributed by atoms with Gasteiger partial charge in [-0.25, -0.2) is 9.67 Å². The third-order valence-corrected chi connectivity index (χ3v) is 3.62. The number of nitrogens with zero attached hydrogens (tertiary/aromatic N) is 3. The Bertz CT molecular complexity index is 751. The second-order valence-corrected chi connectivity index (χ2v) is 5.41. The van der Waals surface area contributed by atoms with Gasteiger partial charge in [0.15, 0.2) is 0 Å². The second kappa shape index (κ2) is 6.87. The summed E-state index contributed by atoms with van der Waals surface area (Å²) in [5.74, 6) is -0.107. The van der Waals surface area contributed by atoms with E-state index in [0.29, 0.717) is 0 Å². The molecule has 0 saturated carbocycles.